The summed E-state index contributed by atoms with van der Waals surface area (Å²) in [5, 5.41) is 0. The molecule has 11 heavy (non-hydrogen) atoms. The van der Waals surface area contributed by atoms with Gasteiger partial charge in [-0.05, 0) is 24.1 Å². The maximum Gasteiger partial charge on any atom is 0.0314 e. The van der Waals surface area contributed by atoms with Crippen LogP contribution in [0.2, 0.25) is 0 Å². The fourth-order valence-corrected chi connectivity index (χ4v) is 1.15. The molecule has 3 N–H and O–H groups in total. The summed E-state index contributed by atoms with van der Waals surface area (Å²) in [4.78, 5) is 0. The lowest BCUT2D eigenvalue weighted by molar-refractivity contribution is 0.933. The van der Waals surface area contributed by atoms with Crippen LogP contribution < -0.4 is 9.26 Å². The number of benzene rings is 1. The summed E-state index contributed by atoms with van der Waals surface area (Å²) in [6, 6.07) is 7.98. The van der Waals surface area contributed by atoms with E-state index in [-0.39, 0.29) is 0 Å². The van der Waals surface area contributed by atoms with Gasteiger partial charge in [0.15, 0.2) is 0 Å². The van der Waals surface area contributed by atoms with Gasteiger partial charge >= 0.3 is 0 Å². The third kappa shape index (κ3) is 3.07. The fourth-order valence-electron chi connectivity index (χ4n) is 0.876. The normalized spacial score (nSPS) is 9.91. The lowest BCUT2D eigenvalue weighted by Crippen LogP contribution is -2.03. The molecular formula is C8H11IN2. The van der Waals surface area contributed by atoms with Gasteiger partial charge in [-0.2, -0.15) is 0 Å². The van der Waals surface area contributed by atoms with Crippen molar-refractivity contribution in [3.05, 3.63) is 29.8 Å². The van der Waals surface area contributed by atoms with Crippen molar-refractivity contribution in [2.75, 3.05) is 12.3 Å². The molecule has 0 aromatic heterocycles. The van der Waals surface area contributed by atoms with Crippen LogP contribution in [0.4, 0.5) is 5.69 Å². The molecule has 0 atom stereocenters. The highest BCUT2D eigenvalue weighted by atomic mass is 127. The minimum Gasteiger partial charge on any atom is -0.399 e. The second-order valence-electron chi connectivity index (χ2n) is 2.38. The molecule has 0 spiro atoms. The number of nitrogens with two attached hydrogens (primary N) is 1. The summed E-state index contributed by atoms with van der Waals surface area (Å²) in [5.41, 5.74) is 7.69. The smallest absolute Gasteiger partial charge is 0.0314 e. The molecule has 0 aliphatic rings. The Labute approximate surface area is 80.7 Å². The third-order valence-corrected chi connectivity index (χ3v) is 2.03. The van der Waals surface area contributed by atoms with Gasteiger partial charge in [-0.15, -0.1) is 0 Å². The predicted molar refractivity (Wildman–Crippen MR) is 56.6 cm³/mol. The first-order valence-corrected chi connectivity index (χ1v) is 4.58. The molecular weight excluding hydrogens is 251 g/mol. The topological polar surface area (TPSA) is 38.0 Å². The Kier molecular flexibility index (Phi) is 3.65. The first-order chi connectivity index (χ1) is 5.33. The van der Waals surface area contributed by atoms with E-state index < -0.39 is 0 Å². The molecule has 0 aliphatic carbocycles. The van der Waals surface area contributed by atoms with E-state index in [1.165, 1.54) is 5.56 Å². The molecule has 0 bridgehead atoms. The van der Waals surface area contributed by atoms with Gasteiger partial charge in [0.25, 0.3) is 0 Å². The van der Waals surface area contributed by atoms with Crippen molar-refractivity contribution >= 4 is 28.6 Å². The molecule has 0 heterocycles. The molecule has 1 aromatic carbocycles. The molecule has 0 aliphatic heterocycles. The van der Waals surface area contributed by atoms with Gasteiger partial charge in [-0.25, -0.2) is 0 Å². The number of rotatable bonds is 3. The quantitative estimate of drug-likeness (QED) is 0.495. The van der Waals surface area contributed by atoms with Crippen molar-refractivity contribution in [1.29, 1.82) is 0 Å². The third-order valence-electron chi connectivity index (χ3n) is 1.49. The molecule has 0 amide bonds. The van der Waals surface area contributed by atoms with Crippen molar-refractivity contribution in [1.82, 2.24) is 3.53 Å². The first-order valence-electron chi connectivity index (χ1n) is 3.51. The van der Waals surface area contributed by atoms with Crippen LogP contribution in [-0.2, 0) is 6.42 Å². The van der Waals surface area contributed by atoms with Gasteiger partial charge in [-0.1, -0.05) is 12.1 Å². The molecule has 0 radical (unpaired) electrons. The van der Waals surface area contributed by atoms with Crippen molar-refractivity contribution < 1.29 is 0 Å². The van der Waals surface area contributed by atoms with Gasteiger partial charge in [0, 0.05) is 35.1 Å². The molecule has 1 aromatic rings. The predicted octanol–water partition coefficient (Wildman–Crippen LogP) is 1.75. The van der Waals surface area contributed by atoms with E-state index in [1.807, 2.05) is 12.1 Å². The number of hydrogen-bond acceptors (Lipinski definition) is 2. The summed E-state index contributed by atoms with van der Waals surface area (Å²) in [5.74, 6) is 0. The second kappa shape index (κ2) is 4.56. The van der Waals surface area contributed by atoms with E-state index in [4.69, 9.17) is 5.73 Å². The van der Waals surface area contributed by atoms with E-state index in [0.29, 0.717) is 0 Å². The lowest BCUT2D eigenvalue weighted by Gasteiger charge is -1.99. The monoisotopic (exact) mass is 262 g/mol. The molecule has 3 heteroatoms. The highest BCUT2D eigenvalue weighted by Crippen LogP contribution is 2.05. The summed E-state index contributed by atoms with van der Waals surface area (Å²) >= 11 is 2.15. The van der Waals surface area contributed by atoms with E-state index in [0.717, 1.165) is 18.7 Å². The Bertz CT molecular complexity index is 208. The number of hydrogen-bond donors (Lipinski definition) is 2. The van der Waals surface area contributed by atoms with Crippen LogP contribution in [0.5, 0.6) is 0 Å². The molecule has 1 rings (SSSR count). The number of nitrogen functional groups attached to an aromatic ring is 1. The van der Waals surface area contributed by atoms with Gasteiger partial charge in [0.2, 0.25) is 0 Å². The summed E-state index contributed by atoms with van der Waals surface area (Å²) in [6.45, 7) is 1.00. The van der Waals surface area contributed by atoms with Crippen LogP contribution in [0.3, 0.4) is 0 Å². The van der Waals surface area contributed by atoms with Gasteiger partial charge < -0.3 is 5.73 Å². The Morgan fingerprint density at radius 3 is 2.45 bits per heavy atom. The Hall–Kier alpha value is -0.290. The highest BCUT2D eigenvalue weighted by molar-refractivity contribution is 14.1. The van der Waals surface area contributed by atoms with Crippen LogP contribution >= 0.6 is 22.9 Å². The average Bonchev–Trinajstić information content (AvgIpc) is 2.04. The van der Waals surface area contributed by atoms with E-state index in [2.05, 4.69) is 38.5 Å². The van der Waals surface area contributed by atoms with Gasteiger partial charge in [-0.3, -0.25) is 3.53 Å². The van der Waals surface area contributed by atoms with Crippen LogP contribution in [0.1, 0.15) is 5.56 Å². The summed E-state index contributed by atoms with van der Waals surface area (Å²) in [7, 11) is 0. The maximum absolute atomic E-state index is 5.54. The first kappa shape index (κ1) is 8.80. The average molecular weight is 262 g/mol. The lowest BCUT2D eigenvalue weighted by atomic mass is 10.1. The number of nitrogens with one attached hydrogen (secondary N) is 1. The zero-order valence-electron chi connectivity index (χ0n) is 6.18. The van der Waals surface area contributed by atoms with E-state index in [1.54, 1.807) is 0 Å². The van der Waals surface area contributed by atoms with Gasteiger partial charge in [0.1, 0.15) is 0 Å². The van der Waals surface area contributed by atoms with Crippen LogP contribution in [0.25, 0.3) is 0 Å². The zero-order chi connectivity index (χ0) is 8.10. The van der Waals surface area contributed by atoms with Crippen molar-refractivity contribution in [3.8, 4) is 0 Å². The minimum absolute atomic E-state index is 0.830. The van der Waals surface area contributed by atoms with E-state index >= 15 is 0 Å². The minimum atomic E-state index is 0.830. The van der Waals surface area contributed by atoms with E-state index in [9.17, 15) is 0 Å². The SMILES string of the molecule is Nc1ccc(CCNI)cc1. The molecule has 0 saturated carbocycles. The Morgan fingerprint density at radius 1 is 1.27 bits per heavy atom. The zero-order valence-corrected chi connectivity index (χ0v) is 8.34. The van der Waals surface area contributed by atoms with Crippen LogP contribution in [-0.4, -0.2) is 6.54 Å². The molecule has 2 nitrogen and oxygen atoms in total. The standard InChI is InChI=1S/C8H11IN2/c9-11-6-5-7-1-3-8(10)4-2-7/h1-4,11H,5-6,10H2. The molecule has 0 fully saturated rings. The number of halogens is 1. The van der Waals surface area contributed by atoms with Crippen molar-refractivity contribution in [3.63, 3.8) is 0 Å². The van der Waals surface area contributed by atoms with Crippen LogP contribution in [0.15, 0.2) is 24.3 Å². The number of anilines is 1. The molecule has 60 valence electrons. The summed E-state index contributed by atoms with van der Waals surface area (Å²) < 4.78 is 3.07. The van der Waals surface area contributed by atoms with Crippen LogP contribution in [0, 0.1) is 0 Å². The maximum atomic E-state index is 5.54. The van der Waals surface area contributed by atoms with Crippen molar-refractivity contribution in [2.24, 2.45) is 0 Å². The fraction of sp³-hybridized carbons (Fsp3) is 0.250. The second-order valence-corrected chi connectivity index (χ2v) is 3.14. The largest absolute Gasteiger partial charge is 0.399 e. The summed E-state index contributed by atoms with van der Waals surface area (Å²) in [6.07, 6.45) is 1.06. The highest BCUT2D eigenvalue weighted by Gasteiger charge is 1.90. The van der Waals surface area contributed by atoms with Gasteiger partial charge in [0.05, 0.1) is 0 Å². The molecule has 0 saturated heterocycles. The Balaban J connectivity index is 2.52. The molecule has 0 unspecified atom stereocenters. The van der Waals surface area contributed by atoms with Crippen molar-refractivity contribution in [2.45, 2.75) is 6.42 Å². The Morgan fingerprint density at radius 2 is 1.91 bits per heavy atom.